The number of halogens is 1. The van der Waals surface area contributed by atoms with Crippen molar-refractivity contribution in [2.45, 2.75) is 19.4 Å². The van der Waals surface area contributed by atoms with Crippen LogP contribution in [0.5, 0.6) is 5.75 Å². The molecule has 1 aliphatic rings. The lowest BCUT2D eigenvalue weighted by atomic mass is 9.85. The molecule has 8 aromatic rings. The van der Waals surface area contributed by atoms with E-state index >= 15 is 0 Å². The minimum Gasteiger partial charge on any atom is -0.482 e. The van der Waals surface area contributed by atoms with Crippen LogP contribution in [0.2, 0.25) is 0 Å². The summed E-state index contributed by atoms with van der Waals surface area (Å²) < 4.78 is 20.8. The van der Waals surface area contributed by atoms with Crippen LogP contribution in [0, 0.1) is 17.1 Å². The van der Waals surface area contributed by atoms with Crippen LogP contribution in [-0.4, -0.2) is 15.0 Å². The number of aromatic nitrogens is 3. The molecule has 0 spiro atoms. The second-order valence-corrected chi connectivity index (χ2v) is 14.1. The van der Waals surface area contributed by atoms with Gasteiger partial charge in [-0.2, -0.15) is 5.26 Å². The molecule has 9 rings (SSSR count). The number of rotatable bonds is 6. The predicted molar refractivity (Wildman–Crippen MR) is 216 cm³/mol. The van der Waals surface area contributed by atoms with Crippen LogP contribution in [-0.2, 0) is 5.60 Å². The largest absolute Gasteiger partial charge is 0.482 e. The molecular formula is C49H33FN4O. The summed E-state index contributed by atoms with van der Waals surface area (Å²) in [6.45, 7) is 4.18. The highest BCUT2D eigenvalue weighted by atomic mass is 19.1. The molecule has 262 valence electrons. The standard InChI is InChI=1S/C49H33FN4O/c1-49(2)44-15-9-8-13-41(44)42-25-22-35(29-45(42)55-49)37-26-36(32-20-23-39(50)24-21-32)27-38(28-37)47-52-46(34-18-16-31(30-51)17-19-34)53-48(54-47)43-14-7-6-12-40(43)33-10-4-3-5-11-33/h3-29H,1-2H3. The van der Waals surface area contributed by atoms with E-state index in [1.54, 1.807) is 24.3 Å². The Hall–Kier alpha value is -7.23. The van der Waals surface area contributed by atoms with E-state index in [0.29, 0.717) is 23.0 Å². The Bertz CT molecular complexity index is 2770. The number of ether oxygens (including phenoxy) is 1. The summed E-state index contributed by atoms with van der Waals surface area (Å²) in [6.07, 6.45) is 0. The van der Waals surface area contributed by atoms with Crippen molar-refractivity contribution in [1.82, 2.24) is 15.0 Å². The normalized spacial score (nSPS) is 12.5. The minimum absolute atomic E-state index is 0.305. The fourth-order valence-corrected chi connectivity index (χ4v) is 7.31. The third-order valence-corrected chi connectivity index (χ3v) is 10.1. The van der Waals surface area contributed by atoms with Gasteiger partial charge < -0.3 is 4.74 Å². The van der Waals surface area contributed by atoms with Crippen LogP contribution < -0.4 is 4.74 Å². The van der Waals surface area contributed by atoms with E-state index in [0.717, 1.165) is 72.5 Å². The van der Waals surface area contributed by atoms with Crippen LogP contribution in [0.25, 0.3) is 78.7 Å². The van der Waals surface area contributed by atoms with Gasteiger partial charge in [0.1, 0.15) is 17.2 Å². The van der Waals surface area contributed by atoms with E-state index in [2.05, 4.69) is 86.6 Å². The van der Waals surface area contributed by atoms with E-state index in [1.807, 2.05) is 60.7 Å². The molecule has 2 heterocycles. The van der Waals surface area contributed by atoms with Crippen molar-refractivity contribution in [2.24, 2.45) is 0 Å². The molecular weight excluding hydrogens is 680 g/mol. The van der Waals surface area contributed by atoms with Crippen LogP contribution in [0.4, 0.5) is 4.39 Å². The molecule has 0 radical (unpaired) electrons. The Balaban J connectivity index is 1.25. The van der Waals surface area contributed by atoms with Gasteiger partial charge >= 0.3 is 0 Å². The van der Waals surface area contributed by atoms with Crippen molar-refractivity contribution < 1.29 is 9.13 Å². The van der Waals surface area contributed by atoms with Crippen LogP contribution in [0.15, 0.2) is 164 Å². The first kappa shape index (κ1) is 33.6. The first-order chi connectivity index (χ1) is 26.8. The van der Waals surface area contributed by atoms with Crippen molar-refractivity contribution >= 4 is 0 Å². The highest BCUT2D eigenvalue weighted by Gasteiger charge is 2.32. The molecule has 0 bridgehead atoms. The highest BCUT2D eigenvalue weighted by molar-refractivity contribution is 5.85. The lowest BCUT2D eigenvalue weighted by molar-refractivity contribution is 0.106. The summed E-state index contributed by atoms with van der Waals surface area (Å²) in [5.74, 6) is 1.96. The maximum Gasteiger partial charge on any atom is 0.164 e. The van der Waals surface area contributed by atoms with Crippen molar-refractivity contribution in [3.05, 3.63) is 181 Å². The average Bonchev–Trinajstić information content (AvgIpc) is 3.23. The molecule has 5 nitrogen and oxygen atoms in total. The summed E-state index contributed by atoms with van der Waals surface area (Å²) in [5.41, 5.74) is 11.4. The van der Waals surface area contributed by atoms with Gasteiger partial charge in [0.2, 0.25) is 0 Å². The molecule has 1 aliphatic heterocycles. The Morgan fingerprint density at radius 3 is 1.76 bits per heavy atom. The first-order valence-corrected chi connectivity index (χ1v) is 18.1. The van der Waals surface area contributed by atoms with Gasteiger partial charge in [0.05, 0.1) is 11.6 Å². The molecule has 0 saturated carbocycles. The third-order valence-electron chi connectivity index (χ3n) is 10.1. The van der Waals surface area contributed by atoms with Gasteiger partial charge in [-0.15, -0.1) is 0 Å². The zero-order chi connectivity index (χ0) is 37.5. The van der Waals surface area contributed by atoms with Gasteiger partial charge in [-0.1, -0.05) is 103 Å². The van der Waals surface area contributed by atoms with Crippen LogP contribution in [0.3, 0.4) is 0 Å². The molecule has 1 aromatic heterocycles. The monoisotopic (exact) mass is 712 g/mol. The number of nitrogens with zero attached hydrogens (tertiary/aromatic N) is 4. The SMILES string of the molecule is CC1(C)Oc2cc(-c3cc(-c4ccc(F)cc4)cc(-c4nc(-c5ccc(C#N)cc5)nc(-c5ccccc5-c5ccccc5)n4)c3)ccc2-c2ccccc21. The minimum atomic E-state index is -0.511. The van der Waals surface area contributed by atoms with E-state index in [4.69, 9.17) is 19.7 Å². The number of nitriles is 1. The molecule has 0 fully saturated rings. The third kappa shape index (κ3) is 6.43. The van der Waals surface area contributed by atoms with Gasteiger partial charge in [0.15, 0.2) is 17.5 Å². The van der Waals surface area contributed by atoms with Gasteiger partial charge in [-0.25, -0.2) is 19.3 Å². The van der Waals surface area contributed by atoms with Gasteiger partial charge in [-0.05, 0) is 113 Å². The van der Waals surface area contributed by atoms with Crippen molar-refractivity contribution in [3.63, 3.8) is 0 Å². The molecule has 6 heteroatoms. The zero-order valence-corrected chi connectivity index (χ0v) is 30.2. The molecule has 7 aromatic carbocycles. The lowest BCUT2D eigenvalue weighted by Gasteiger charge is -2.35. The summed E-state index contributed by atoms with van der Waals surface area (Å²) in [6, 6.07) is 55.1. The fourth-order valence-electron chi connectivity index (χ4n) is 7.31. The van der Waals surface area contributed by atoms with Gasteiger partial charge in [0.25, 0.3) is 0 Å². The van der Waals surface area contributed by atoms with Crippen molar-refractivity contribution in [3.8, 4) is 90.5 Å². The molecule has 0 amide bonds. The Morgan fingerprint density at radius 1 is 0.473 bits per heavy atom. The molecule has 0 atom stereocenters. The van der Waals surface area contributed by atoms with Crippen LogP contribution in [0.1, 0.15) is 25.0 Å². The van der Waals surface area contributed by atoms with Crippen molar-refractivity contribution in [2.75, 3.05) is 0 Å². The van der Waals surface area contributed by atoms with Gasteiger partial charge in [-0.3, -0.25) is 0 Å². The quantitative estimate of drug-likeness (QED) is 0.172. The topological polar surface area (TPSA) is 71.7 Å². The second kappa shape index (κ2) is 13.6. The maximum atomic E-state index is 14.2. The number of hydrogen-bond acceptors (Lipinski definition) is 5. The average molecular weight is 713 g/mol. The molecule has 0 N–H and O–H groups in total. The lowest BCUT2D eigenvalue weighted by Crippen LogP contribution is -2.29. The Morgan fingerprint density at radius 2 is 1.04 bits per heavy atom. The second-order valence-electron chi connectivity index (χ2n) is 14.1. The first-order valence-electron chi connectivity index (χ1n) is 18.1. The number of fused-ring (bicyclic) bond motifs is 3. The molecule has 0 unspecified atom stereocenters. The van der Waals surface area contributed by atoms with E-state index in [1.165, 1.54) is 12.1 Å². The van der Waals surface area contributed by atoms with Gasteiger partial charge in [0, 0.05) is 27.8 Å². The molecule has 0 saturated heterocycles. The maximum absolute atomic E-state index is 14.2. The van der Waals surface area contributed by atoms with E-state index in [9.17, 15) is 9.65 Å². The summed E-state index contributed by atoms with van der Waals surface area (Å²) in [5, 5.41) is 9.49. The summed E-state index contributed by atoms with van der Waals surface area (Å²) in [4.78, 5) is 15.3. The van der Waals surface area contributed by atoms with E-state index in [-0.39, 0.29) is 5.82 Å². The van der Waals surface area contributed by atoms with E-state index < -0.39 is 5.60 Å². The Labute approximate surface area is 319 Å². The Kier molecular flexibility index (Phi) is 8.33. The summed E-state index contributed by atoms with van der Waals surface area (Å²) >= 11 is 0. The summed E-state index contributed by atoms with van der Waals surface area (Å²) in [7, 11) is 0. The zero-order valence-electron chi connectivity index (χ0n) is 30.2. The molecule has 55 heavy (non-hydrogen) atoms. The van der Waals surface area contributed by atoms with Crippen LogP contribution >= 0.6 is 0 Å². The highest BCUT2D eigenvalue weighted by Crippen LogP contribution is 2.47. The smallest absolute Gasteiger partial charge is 0.164 e. The van der Waals surface area contributed by atoms with Crippen molar-refractivity contribution in [1.29, 1.82) is 5.26 Å². The fraction of sp³-hybridized carbons (Fsp3) is 0.0612. The predicted octanol–water partition coefficient (Wildman–Crippen LogP) is 12.2. The number of hydrogen-bond donors (Lipinski definition) is 0. The number of benzene rings is 7. The molecule has 0 aliphatic carbocycles.